The maximum absolute atomic E-state index is 9.35. The van der Waals surface area contributed by atoms with Gasteiger partial charge in [-0.25, -0.2) is 0 Å². The van der Waals surface area contributed by atoms with Crippen LogP contribution in [0.1, 0.15) is 5.56 Å². The standard InChI is InChI=1S/C19H12N2/c20-13-15-12-19(21-11-4-3-10-18(15)21)17-9-5-7-14-6-1-2-8-16(14)17/h1-12H. The van der Waals surface area contributed by atoms with Gasteiger partial charge in [0.15, 0.2) is 0 Å². The Balaban J connectivity index is 2.13. The van der Waals surface area contributed by atoms with Gasteiger partial charge in [0.1, 0.15) is 6.07 Å². The van der Waals surface area contributed by atoms with Crippen LogP contribution in [0.4, 0.5) is 0 Å². The van der Waals surface area contributed by atoms with Gasteiger partial charge in [-0.05, 0) is 29.0 Å². The molecule has 4 rings (SSSR count). The van der Waals surface area contributed by atoms with Crippen molar-refractivity contribution >= 4 is 16.3 Å². The molecule has 2 heteroatoms. The molecular formula is C19H12N2. The number of nitrogens with zero attached hydrogens (tertiary/aromatic N) is 2. The molecule has 0 bridgehead atoms. The summed E-state index contributed by atoms with van der Waals surface area (Å²) in [7, 11) is 0. The van der Waals surface area contributed by atoms with Crippen LogP contribution in [0.3, 0.4) is 0 Å². The van der Waals surface area contributed by atoms with Crippen molar-refractivity contribution in [3.05, 3.63) is 78.5 Å². The molecule has 0 radical (unpaired) electrons. The second-order valence-electron chi connectivity index (χ2n) is 5.04. The van der Waals surface area contributed by atoms with Gasteiger partial charge in [0.2, 0.25) is 0 Å². The van der Waals surface area contributed by atoms with Gasteiger partial charge in [0.05, 0.1) is 16.8 Å². The lowest BCUT2D eigenvalue weighted by Crippen LogP contribution is -1.88. The summed E-state index contributed by atoms with van der Waals surface area (Å²) in [6, 6.07) is 24.8. The molecule has 0 aliphatic carbocycles. The molecule has 0 aliphatic heterocycles. The largest absolute Gasteiger partial charge is 0.315 e. The Kier molecular flexibility index (Phi) is 2.52. The number of fused-ring (bicyclic) bond motifs is 2. The van der Waals surface area contributed by atoms with Crippen molar-refractivity contribution in [3.63, 3.8) is 0 Å². The lowest BCUT2D eigenvalue weighted by Gasteiger charge is -2.07. The van der Waals surface area contributed by atoms with Gasteiger partial charge in [0.25, 0.3) is 0 Å². The van der Waals surface area contributed by atoms with E-state index in [0.717, 1.165) is 16.8 Å². The molecule has 2 heterocycles. The summed E-state index contributed by atoms with van der Waals surface area (Å²) in [5, 5.41) is 11.8. The van der Waals surface area contributed by atoms with E-state index in [1.54, 1.807) is 0 Å². The summed E-state index contributed by atoms with van der Waals surface area (Å²) in [6.45, 7) is 0. The first-order valence-corrected chi connectivity index (χ1v) is 6.87. The molecule has 2 aromatic heterocycles. The van der Waals surface area contributed by atoms with Crippen molar-refractivity contribution in [3.8, 4) is 17.3 Å². The molecule has 2 nitrogen and oxygen atoms in total. The molecule has 0 spiro atoms. The fourth-order valence-electron chi connectivity index (χ4n) is 2.90. The number of hydrogen-bond acceptors (Lipinski definition) is 1. The molecule has 0 saturated carbocycles. The van der Waals surface area contributed by atoms with Crippen LogP contribution in [0.2, 0.25) is 0 Å². The van der Waals surface area contributed by atoms with Crippen LogP contribution in [0.5, 0.6) is 0 Å². The van der Waals surface area contributed by atoms with E-state index in [1.807, 2.05) is 42.6 Å². The maximum atomic E-state index is 9.35. The number of rotatable bonds is 1. The molecule has 0 amide bonds. The number of hydrogen-bond donors (Lipinski definition) is 0. The van der Waals surface area contributed by atoms with Crippen molar-refractivity contribution < 1.29 is 0 Å². The Bertz CT molecular complexity index is 998. The summed E-state index contributed by atoms with van der Waals surface area (Å²) in [6.07, 6.45) is 2.01. The molecule has 0 aliphatic rings. The van der Waals surface area contributed by atoms with Gasteiger partial charge >= 0.3 is 0 Å². The first-order chi connectivity index (χ1) is 10.4. The normalized spacial score (nSPS) is 10.8. The number of benzene rings is 2. The average molecular weight is 268 g/mol. The molecule has 21 heavy (non-hydrogen) atoms. The van der Waals surface area contributed by atoms with Crippen LogP contribution in [-0.2, 0) is 0 Å². The Morgan fingerprint density at radius 2 is 1.67 bits per heavy atom. The highest BCUT2D eigenvalue weighted by atomic mass is 14.9. The Hall–Kier alpha value is -3.05. The maximum Gasteiger partial charge on any atom is 0.101 e. The van der Waals surface area contributed by atoms with Gasteiger partial charge in [-0.2, -0.15) is 5.26 Å². The van der Waals surface area contributed by atoms with E-state index >= 15 is 0 Å². The van der Waals surface area contributed by atoms with Crippen molar-refractivity contribution in [2.45, 2.75) is 0 Å². The average Bonchev–Trinajstić information content (AvgIpc) is 2.93. The third-order valence-corrected chi connectivity index (χ3v) is 3.86. The molecule has 4 aromatic rings. The van der Waals surface area contributed by atoms with E-state index in [1.165, 1.54) is 10.8 Å². The van der Waals surface area contributed by atoms with E-state index in [9.17, 15) is 5.26 Å². The lowest BCUT2D eigenvalue weighted by atomic mass is 10.0. The van der Waals surface area contributed by atoms with Crippen LogP contribution >= 0.6 is 0 Å². The van der Waals surface area contributed by atoms with Crippen molar-refractivity contribution in [2.75, 3.05) is 0 Å². The summed E-state index contributed by atoms with van der Waals surface area (Å²) in [5.74, 6) is 0. The van der Waals surface area contributed by atoms with Crippen LogP contribution < -0.4 is 0 Å². The smallest absolute Gasteiger partial charge is 0.101 e. The van der Waals surface area contributed by atoms with E-state index in [0.29, 0.717) is 5.56 Å². The zero-order valence-corrected chi connectivity index (χ0v) is 11.3. The minimum absolute atomic E-state index is 0.707. The fourth-order valence-corrected chi connectivity index (χ4v) is 2.90. The van der Waals surface area contributed by atoms with Crippen molar-refractivity contribution in [1.29, 1.82) is 5.26 Å². The van der Waals surface area contributed by atoms with E-state index in [-0.39, 0.29) is 0 Å². The van der Waals surface area contributed by atoms with Crippen molar-refractivity contribution in [2.24, 2.45) is 0 Å². The zero-order valence-electron chi connectivity index (χ0n) is 11.3. The van der Waals surface area contributed by atoms with Crippen LogP contribution in [-0.4, -0.2) is 4.40 Å². The number of nitriles is 1. The Morgan fingerprint density at radius 1 is 0.857 bits per heavy atom. The molecule has 0 atom stereocenters. The highest BCUT2D eigenvalue weighted by Crippen LogP contribution is 2.31. The minimum atomic E-state index is 0.707. The monoisotopic (exact) mass is 268 g/mol. The van der Waals surface area contributed by atoms with Gasteiger partial charge in [-0.1, -0.05) is 48.5 Å². The quantitative estimate of drug-likeness (QED) is 0.494. The summed E-state index contributed by atoms with van der Waals surface area (Å²) < 4.78 is 2.08. The summed E-state index contributed by atoms with van der Waals surface area (Å²) in [4.78, 5) is 0. The molecular weight excluding hydrogens is 256 g/mol. The van der Waals surface area contributed by atoms with Crippen LogP contribution in [0.15, 0.2) is 72.9 Å². The second-order valence-corrected chi connectivity index (χ2v) is 5.04. The Labute approximate surface area is 122 Å². The van der Waals surface area contributed by atoms with Gasteiger partial charge in [0, 0.05) is 11.8 Å². The minimum Gasteiger partial charge on any atom is -0.315 e. The first-order valence-electron chi connectivity index (χ1n) is 6.87. The molecule has 2 aromatic carbocycles. The zero-order chi connectivity index (χ0) is 14.2. The fraction of sp³-hybridized carbons (Fsp3) is 0. The molecule has 0 unspecified atom stereocenters. The molecule has 0 N–H and O–H groups in total. The Morgan fingerprint density at radius 3 is 2.57 bits per heavy atom. The number of aromatic nitrogens is 1. The second kappa shape index (κ2) is 4.50. The molecule has 0 saturated heterocycles. The van der Waals surface area contributed by atoms with Gasteiger partial charge in [-0.15, -0.1) is 0 Å². The summed E-state index contributed by atoms with van der Waals surface area (Å²) >= 11 is 0. The predicted octanol–water partition coefficient (Wildman–Crippen LogP) is 4.63. The van der Waals surface area contributed by atoms with Gasteiger partial charge in [-0.3, -0.25) is 0 Å². The van der Waals surface area contributed by atoms with Crippen LogP contribution in [0, 0.1) is 11.3 Å². The van der Waals surface area contributed by atoms with E-state index < -0.39 is 0 Å². The first kappa shape index (κ1) is 11.7. The molecule has 0 fully saturated rings. The highest BCUT2D eigenvalue weighted by Gasteiger charge is 2.11. The van der Waals surface area contributed by atoms with E-state index in [2.05, 4.69) is 40.8 Å². The third kappa shape index (κ3) is 1.72. The third-order valence-electron chi connectivity index (χ3n) is 3.86. The van der Waals surface area contributed by atoms with Crippen molar-refractivity contribution in [1.82, 2.24) is 4.40 Å². The molecule has 98 valence electrons. The number of pyridine rings is 1. The predicted molar refractivity (Wildman–Crippen MR) is 85.1 cm³/mol. The topological polar surface area (TPSA) is 28.2 Å². The highest BCUT2D eigenvalue weighted by molar-refractivity contribution is 5.97. The summed E-state index contributed by atoms with van der Waals surface area (Å²) in [5.41, 5.74) is 3.86. The van der Waals surface area contributed by atoms with E-state index in [4.69, 9.17) is 0 Å². The SMILES string of the molecule is N#Cc1cc(-c2cccc3ccccc23)n2ccccc12. The lowest BCUT2D eigenvalue weighted by molar-refractivity contribution is 1.21. The van der Waals surface area contributed by atoms with Crippen LogP contribution in [0.25, 0.3) is 27.5 Å². The van der Waals surface area contributed by atoms with Gasteiger partial charge < -0.3 is 4.40 Å².